The Morgan fingerprint density at radius 2 is 1.58 bits per heavy atom. The minimum Gasteiger partial charge on any atom is -0.349 e. The Kier molecular flexibility index (Phi) is 5.25. The van der Waals surface area contributed by atoms with E-state index >= 15 is 0 Å². The van der Waals surface area contributed by atoms with Gasteiger partial charge in [-0.2, -0.15) is 0 Å². The van der Waals surface area contributed by atoms with Gasteiger partial charge in [0.25, 0.3) is 10.0 Å². The molecule has 5 nitrogen and oxygen atoms in total. The summed E-state index contributed by atoms with van der Waals surface area (Å²) in [5, 5.41) is 3.71. The lowest BCUT2D eigenvalue weighted by Gasteiger charge is -2.57. The van der Waals surface area contributed by atoms with Gasteiger partial charge in [-0.15, -0.1) is 0 Å². The van der Waals surface area contributed by atoms with Crippen LogP contribution in [0.4, 0.5) is 5.69 Å². The number of benzene rings is 2. The molecule has 164 valence electrons. The zero-order chi connectivity index (χ0) is 21.6. The highest BCUT2D eigenvalue weighted by molar-refractivity contribution is 7.92. The molecule has 1 N–H and O–H groups in total. The van der Waals surface area contributed by atoms with Gasteiger partial charge >= 0.3 is 0 Å². The van der Waals surface area contributed by atoms with Crippen LogP contribution in [0.3, 0.4) is 0 Å². The maximum Gasteiger partial charge on any atom is 0.264 e. The van der Waals surface area contributed by atoms with Crippen molar-refractivity contribution >= 4 is 33.2 Å². The zero-order valence-corrected chi connectivity index (χ0v) is 18.9. The summed E-state index contributed by atoms with van der Waals surface area (Å²) in [6.07, 6.45) is 6.92. The standard InChI is InChI=1S/C24H27ClN2O3S/c25-20-5-4-6-21(12-20)27(31(29,30)22-7-2-1-3-8-22)16-23(28)26-24-13-17-9-18(14-24)11-19(10-17)15-24/h1-8,12,17-19H,9-11,13-16H2,(H,26,28). The van der Waals surface area contributed by atoms with Gasteiger partial charge in [-0.25, -0.2) is 8.42 Å². The van der Waals surface area contributed by atoms with Gasteiger partial charge in [-0.05, 0) is 86.6 Å². The maximum absolute atomic E-state index is 13.4. The fourth-order valence-corrected chi connectivity index (χ4v) is 8.01. The van der Waals surface area contributed by atoms with E-state index in [9.17, 15) is 13.2 Å². The highest BCUT2D eigenvalue weighted by Crippen LogP contribution is 2.55. The van der Waals surface area contributed by atoms with Crippen LogP contribution in [0.1, 0.15) is 38.5 Å². The predicted octanol–water partition coefficient (Wildman–Crippen LogP) is 4.62. The Hall–Kier alpha value is -2.05. The first kappa shape index (κ1) is 20.8. The van der Waals surface area contributed by atoms with Gasteiger partial charge in [0.2, 0.25) is 5.91 Å². The molecule has 2 aromatic carbocycles. The van der Waals surface area contributed by atoms with E-state index in [2.05, 4.69) is 5.32 Å². The van der Waals surface area contributed by atoms with Crippen molar-refractivity contribution in [2.45, 2.75) is 49.0 Å². The first-order valence-corrected chi connectivity index (χ1v) is 12.8. The van der Waals surface area contributed by atoms with Gasteiger partial charge in [0, 0.05) is 10.6 Å². The lowest BCUT2D eigenvalue weighted by Crippen LogP contribution is -2.61. The normalized spacial score (nSPS) is 29.0. The summed E-state index contributed by atoms with van der Waals surface area (Å²) < 4.78 is 28.1. The Balaban J connectivity index is 1.42. The number of rotatable bonds is 6. The zero-order valence-electron chi connectivity index (χ0n) is 17.3. The smallest absolute Gasteiger partial charge is 0.264 e. The van der Waals surface area contributed by atoms with Crippen molar-refractivity contribution in [2.24, 2.45) is 17.8 Å². The van der Waals surface area contributed by atoms with Gasteiger partial charge in [-0.1, -0.05) is 35.9 Å². The van der Waals surface area contributed by atoms with Crippen LogP contribution in [-0.2, 0) is 14.8 Å². The molecule has 7 heteroatoms. The number of nitrogens with one attached hydrogen (secondary N) is 1. The van der Waals surface area contributed by atoms with Gasteiger partial charge in [0.15, 0.2) is 0 Å². The molecule has 0 radical (unpaired) electrons. The van der Waals surface area contributed by atoms with Crippen LogP contribution < -0.4 is 9.62 Å². The molecule has 4 fully saturated rings. The second kappa shape index (κ2) is 7.82. The number of halogens is 1. The van der Waals surface area contributed by atoms with Crippen LogP contribution >= 0.6 is 11.6 Å². The summed E-state index contributed by atoms with van der Waals surface area (Å²) in [7, 11) is -3.92. The van der Waals surface area contributed by atoms with Crippen molar-refractivity contribution in [1.82, 2.24) is 5.32 Å². The number of carbonyl (C=O) groups is 1. The van der Waals surface area contributed by atoms with Crippen molar-refractivity contribution in [3.63, 3.8) is 0 Å². The summed E-state index contributed by atoms with van der Waals surface area (Å²) in [4.78, 5) is 13.4. The third kappa shape index (κ3) is 4.08. The largest absolute Gasteiger partial charge is 0.349 e. The van der Waals surface area contributed by atoms with E-state index in [0.29, 0.717) is 28.5 Å². The van der Waals surface area contributed by atoms with E-state index in [1.807, 2.05) is 0 Å². The molecule has 31 heavy (non-hydrogen) atoms. The quantitative estimate of drug-likeness (QED) is 0.686. The van der Waals surface area contributed by atoms with Gasteiger partial charge in [0.05, 0.1) is 10.6 Å². The van der Waals surface area contributed by atoms with Crippen LogP contribution in [-0.4, -0.2) is 26.4 Å². The number of nitrogens with zero attached hydrogens (tertiary/aromatic N) is 1. The Morgan fingerprint density at radius 1 is 0.968 bits per heavy atom. The van der Waals surface area contributed by atoms with E-state index in [1.165, 1.54) is 23.6 Å². The van der Waals surface area contributed by atoms with Gasteiger partial charge < -0.3 is 5.32 Å². The number of hydrogen-bond acceptors (Lipinski definition) is 3. The highest BCUT2D eigenvalue weighted by Gasteiger charge is 2.51. The molecular weight excluding hydrogens is 432 g/mol. The van der Waals surface area contributed by atoms with Crippen LogP contribution in [0, 0.1) is 17.8 Å². The molecule has 0 saturated heterocycles. The molecule has 4 saturated carbocycles. The number of amides is 1. The Morgan fingerprint density at radius 3 is 2.16 bits per heavy atom. The number of anilines is 1. The van der Waals surface area contributed by atoms with E-state index in [-0.39, 0.29) is 22.9 Å². The maximum atomic E-state index is 13.4. The third-order valence-electron chi connectivity index (χ3n) is 7.16. The highest BCUT2D eigenvalue weighted by atomic mass is 35.5. The minimum atomic E-state index is -3.92. The summed E-state index contributed by atoms with van der Waals surface area (Å²) in [6.45, 7) is -0.265. The van der Waals surface area contributed by atoms with Crippen LogP contribution in [0.25, 0.3) is 0 Å². The second-order valence-corrected chi connectivity index (χ2v) is 11.8. The van der Waals surface area contributed by atoms with Crippen LogP contribution in [0.5, 0.6) is 0 Å². The Labute approximate surface area is 188 Å². The van der Waals surface area contributed by atoms with Crippen molar-refractivity contribution in [3.8, 4) is 0 Å². The minimum absolute atomic E-state index is 0.151. The van der Waals surface area contributed by atoms with E-state index < -0.39 is 10.0 Å². The molecule has 0 aliphatic heterocycles. The topological polar surface area (TPSA) is 66.5 Å². The monoisotopic (exact) mass is 458 g/mol. The van der Waals surface area contributed by atoms with Crippen molar-refractivity contribution in [3.05, 3.63) is 59.6 Å². The summed E-state index contributed by atoms with van der Waals surface area (Å²) in [6, 6.07) is 14.9. The SMILES string of the molecule is O=C(CN(c1cccc(Cl)c1)S(=O)(=O)c1ccccc1)NC12CC3CC(CC(C3)C1)C2. The fourth-order valence-electron chi connectivity index (χ4n) is 6.40. The average Bonchev–Trinajstić information content (AvgIpc) is 2.71. The summed E-state index contributed by atoms with van der Waals surface area (Å²) in [5.41, 5.74) is 0.222. The fraction of sp³-hybridized carbons (Fsp3) is 0.458. The summed E-state index contributed by atoms with van der Waals surface area (Å²) in [5.74, 6) is 1.84. The molecule has 4 aliphatic carbocycles. The van der Waals surface area contributed by atoms with Crippen LogP contribution in [0.15, 0.2) is 59.5 Å². The molecule has 1 amide bonds. The molecule has 4 aliphatic rings. The molecule has 0 heterocycles. The molecule has 2 aromatic rings. The Bertz CT molecular complexity index is 1050. The van der Waals surface area contributed by atoms with Gasteiger partial charge in [-0.3, -0.25) is 9.10 Å². The molecule has 6 rings (SSSR count). The molecule has 0 unspecified atom stereocenters. The van der Waals surface area contributed by atoms with Crippen molar-refractivity contribution < 1.29 is 13.2 Å². The number of sulfonamides is 1. The molecular formula is C24H27ClN2O3S. The summed E-state index contributed by atoms with van der Waals surface area (Å²) >= 11 is 6.14. The van der Waals surface area contributed by atoms with E-state index in [4.69, 9.17) is 11.6 Å². The average molecular weight is 459 g/mol. The number of hydrogen-bond donors (Lipinski definition) is 1. The first-order chi connectivity index (χ1) is 14.8. The lowest BCUT2D eigenvalue weighted by molar-refractivity contribution is -0.125. The van der Waals surface area contributed by atoms with E-state index in [0.717, 1.165) is 19.3 Å². The molecule has 4 bridgehead atoms. The number of carbonyl (C=O) groups excluding carboxylic acids is 1. The first-order valence-electron chi connectivity index (χ1n) is 11.0. The van der Waals surface area contributed by atoms with E-state index in [1.54, 1.807) is 54.6 Å². The molecule has 0 atom stereocenters. The van der Waals surface area contributed by atoms with Gasteiger partial charge in [0.1, 0.15) is 6.54 Å². The van der Waals surface area contributed by atoms with Crippen molar-refractivity contribution in [2.75, 3.05) is 10.8 Å². The molecule has 0 spiro atoms. The lowest BCUT2D eigenvalue weighted by atomic mass is 9.53. The predicted molar refractivity (Wildman–Crippen MR) is 121 cm³/mol. The second-order valence-electron chi connectivity index (χ2n) is 9.55. The van der Waals surface area contributed by atoms with Crippen molar-refractivity contribution in [1.29, 1.82) is 0 Å². The third-order valence-corrected chi connectivity index (χ3v) is 9.18. The molecule has 0 aromatic heterocycles. The van der Waals surface area contributed by atoms with Crippen LogP contribution in [0.2, 0.25) is 5.02 Å².